The molecule has 0 aromatic heterocycles. The second-order valence-corrected chi connectivity index (χ2v) is 7.26. The highest BCUT2D eigenvalue weighted by Gasteiger charge is 2.23. The van der Waals surface area contributed by atoms with Crippen LogP contribution in [0.2, 0.25) is 0 Å². The van der Waals surface area contributed by atoms with Crippen LogP contribution in [0.15, 0.2) is 41.0 Å². The SMILES string of the molecule is CC(C)(C)C1=N[C@H](S)NC(CCC(=O)Nc2ccccc2[N+](=O)[O-])=C1. The van der Waals surface area contributed by atoms with Gasteiger partial charge >= 0.3 is 0 Å². The van der Waals surface area contributed by atoms with Crippen molar-refractivity contribution in [3.8, 4) is 0 Å². The molecule has 0 aliphatic carbocycles. The quantitative estimate of drug-likeness (QED) is 0.424. The van der Waals surface area contributed by atoms with Gasteiger partial charge in [-0.05, 0) is 18.6 Å². The summed E-state index contributed by atoms with van der Waals surface area (Å²) in [6.07, 6.45) is 2.60. The van der Waals surface area contributed by atoms with Gasteiger partial charge in [-0.2, -0.15) is 0 Å². The second-order valence-electron chi connectivity index (χ2n) is 6.77. The fourth-order valence-electron chi connectivity index (χ4n) is 2.33. The highest BCUT2D eigenvalue weighted by molar-refractivity contribution is 7.80. The van der Waals surface area contributed by atoms with Crippen molar-refractivity contribution in [2.24, 2.45) is 10.4 Å². The Morgan fingerprint density at radius 2 is 2.08 bits per heavy atom. The molecule has 2 rings (SSSR count). The summed E-state index contributed by atoms with van der Waals surface area (Å²) >= 11 is 4.36. The molecule has 1 aliphatic rings. The Hall–Kier alpha value is -2.35. The highest BCUT2D eigenvalue weighted by atomic mass is 32.1. The Balaban J connectivity index is 2.00. The molecule has 1 aromatic carbocycles. The molecule has 0 radical (unpaired) electrons. The summed E-state index contributed by atoms with van der Waals surface area (Å²) in [5.74, 6) is -0.285. The first kappa shape index (κ1) is 19.0. The van der Waals surface area contributed by atoms with Crippen LogP contribution < -0.4 is 10.6 Å². The molecule has 134 valence electrons. The molecule has 8 heteroatoms. The maximum atomic E-state index is 12.2. The minimum Gasteiger partial charge on any atom is -0.359 e. The van der Waals surface area contributed by atoms with Crippen LogP contribution in [0, 0.1) is 15.5 Å². The topological polar surface area (TPSA) is 96.6 Å². The number of aliphatic imine (C=N–C) groups is 1. The lowest BCUT2D eigenvalue weighted by atomic mass is 9.88. The Labute approximate surface area is 152 Å². The summed E-state index contributed by atoms with van der Waals surface area (Å²) in [4.78, 5) is 27.1. The Morgan fingerprint density at radius 3 is 2.72 bits per heavy atom. The van der Waals surface area contributed by atoms with E-state index in [1.807, 2.05) is 6.08 Å². The number of carbonyl (C=O) groups is 1. The Morgan fingerprint density at radius 1 is 1.40 bits per heavy atom. The Kier molecular flexibility index (Phi) is 5.84. The van der Waals surface area contributed by atoms with E-state index in [9.17, 15) is 14.9 Å². The fourth-order valence-corrected chi connectivity index (χ4v) is 2.62. The van der Waals surface area contributed by atoms with Crippen LogP contribution in [0.5, 0.6) is 0 Å². The minimum atomic E-state index is -0.515. The van der Waals surface area contributed by atoms with E-state index >= 15 is 0 Å². The molecule has 1 amide bonds. The molecule has 25 heavy (non-hydrogen) atoms. The van der Waals surface area contributed by atoms with Gasteiger partial charge in [-0.15, -0.1) is 12.6 Å². The summed E-state index contributed by atoms with van der Waals surface area (Å²) in [6.45, 7) is 6.19. The number of benzene rings is 1. The van der Waals surface area contributed by atoms with Crippen molar-refractivity contribution in [3.63, 3.8) is 0 Å². The van der Waals surface area contributed by atoms with E-state index in [2.05, 4.69) is 49.0 Å². The summed E-state index contributed by atoms with van der Waals surface area (Å²) in [6, 6.07) is 6.08. The number of amides is 1. The Bertz CT molecular complexity index is 738. The van der Waals surface area contributed by atoms with Crippen molar-refractivity contribution in [1.29, 1.82) is 0 Å². The number of nitrogens with one attached hydrogen (secondary N) is 2. The van der Waals surface area contributed by atoms with Crippen LogP contribution in [0.1, 0.15) is 33.6 Å². The van der Waals surface area contributed by atoms with Crippen molar-refractivity contribution in [1.82, 2.24) is 5.32 Å². The predicted molar refractivity (Wildman–Crippen MR) is 102 cm³/mol. The van der Waals surface area contributed by atoms with Gasteiger partial charge in [0, 0.05) is 29.3 Å². The zero-order valence-corrected chi connectivity index (χ0v) is 15.3. The number of anilines is 1. The number of hydrogen-bond acceptors (Lipinski definition) is 6. The van der Waals surface area contributed by atoms with Gasteiger partial charge in [0.2, 0.25) is 5.91 Å². The number of rotatable bonds is 5. The smallest absolute Gasteiger partial charge is 0.292 e. The first-order valence-electron chi connectivity index (χ1n) is 7.93. The zero-order valence-electron chi connectivity index (χ0n) is 14.4. The molecule has 0 bridgehead atoms. The monoisotopic (exact) mass is 362 g/mol. The molecule has 0 unspecified atom stereocenters. The maximum Gasteiger partial charge on any atom is 0.292 e. The molecule has 0 fully saturated rings. The van der Waals surface area contributed by atoms with Gasteiger partial charge < -0.3 is 10.6 Å². The maximum absolute atomic E-state index is 12.2. The summed E-state index contributed by atoms with van der Waals surface area (Å²) < 4.78 is 0. The molecule has 2 N–H and O–H groups in total. The number of nitro benzene ring substituents is 1. The van der Waals surface area contributed by atoms with Crippen molar-refractivity contribution < 1.29 is 9.72 Å². The first-order chi connectivity index (χ1) is 11.7. The summed E-state index contributed by atoms with van der Waals surface area (Å²) in [7, 11) is 0. The van der Waals surface area contributed by atoms with E-state index in [-0.39, 0.29) is 34.6 Å². The normalized spacial score (nSPS) is 17.2. The van der Waals surface area contributed by atoms with Gasteiger partial charge in [0.1, 0.15) is 5.69 Å². The average molecular weight is 362 g/mol. The van der Waals surface area contributed by atoms with Crippen LogP contribution in [-0.2, 0) is 4.79 Å². The van der Waals surface area contributed by atoms with Crippen LogP contribution in [-0.4, -0.2) is 22.0 Å². The van der Waals surface area contributed by atoms with Gasteiger partial charge in [0.15, 0.2) is 5.50 Å². The molecule has 0 saturated heterocycles. The van der Waals surface area contributed by atoms with Crippen LogP contribution in [0.25, 0.3) is 0 Å². The van der Waals surface area contributed by atoms with E-state index in [1.165, 1.54) is 12.1 Å². The molecular weight excluding hydrogens is 340 g/mol. The van der Waals surface area contributed by atoms with Crippen LogP contribution in [0.4, 0.5) is 11.4 Å². The van der Waals surface area contributed by atoms with Gasteiger partial charge in [-0.25, -0.2) is 0 Å². The average Bonchev–Trinajstić information content (AvgIpc) is 2.52. The molecule has 1 heterocycles. The van der Waals surface area contributed by atoms with Gasteiger partial charge in [0.05, 0.1) is 4.92 Å². The third-order valence-electron chi connectivity index (χ3n) is 3.65. The summed E-state index contributed by atoms with van der Waals surface area (Å²) in [5, 5.41) is 16.7. The molecule has 1 atom stereocenters. The minimum absolute atomic E-state index is 0.110. The standard InChI is InChI=1S/C17H22N4O3S/c1-17(2,3)14-10-11(18-16(25)20-14)8-9-15(22)19-12-6-4-5-7-13(12)21(23)24/h4-7,10,16,18,25H,8-9H2,1-3H3,(H,19,22)/t16-/m1/s1. The number of hydrogen-bond donors (Lipinski definition) is 3. The van der Waals surface area contributed by atoms with Crippen LogP contribution in [0.3, 0.4) is 0 Å². The lowest BCUT2D eigenvalue weighted by Gasteiger charge is -2.27. The van der Waals surface area contributed by atoms with Gasteiger partial charge in [-0.3, -0.25) is 19.9 Å². The van der Waals surface area contributed by atoms with E-state index in [0.717, 1.165) is 11.4 Å². The molecule has 7 nitrogen and oxygen atoms in total. The third-order valence-corrected chi connectivity index (χ3v) is 3.90. The molecule has 0 spiro atoms. The number of nitro groups is 1. The van der Waals surface area contributed by atoms with E-state index < -0.39 is 4.92 Å². The van der Waals surface area contributed by atoms with Gasteiger partial charge in [0.25, 0.3) is 5.69 Å². The van der Waals surface area contributed by atoms with E-state index in [0.29, 0.717) is 6.42 Å². The molecule has 0 saturated carbocycles. The number of carbonyl (C=O) groups excluding carboxylic acids is 1. The number of nitrogens with zero attached hydrogens (tertiary/aromatic N) is 2. The molecule has 1 aliphatic heterocycles. The molecular formula is C17H22N4O3S. The lowest BCUT2D eigenvalue weighted by Crippen LogP contribution is -2.32. The number of para-hydroxylation sites is 2. The number of allylic oxidation sites excluding steroid dienone is 2. The third kappa shape index (κ3) is 5.32. The second kappa shape index (κ2) is 7.69. The first-order valence-corrected chi connectivity index (χ1v) is 8.45. The fraction of sp³-hybridized carbons (Fsp3) is 0.412. The van der Waals surface area contributed by atoms with Crippen LogP contribution >= 0.6 is 12.6 Å². The van der Waals surface area contributed by atoms with Crippen molar-refractivity contribution in [2.75, 3.05) is 5.32 Å². The van der Waals surface area contributed by atoms with Crippen molar-refractivity contribution in [3.05, 3.63) is 46.2 Å². The predicted octanol–water partition coefficient (Wildman–Crippen LogP) is 3.50. The zero-order chi connectivity index (χ0) is 18.6. The largest absolute Gasteiger partial charge is 0.359 e. The van der Waals surface area contributed by atoms with Gasteiger partial charge in [-0.1, -0.05) is 32.9 Å². The lowest BCUT2D eigenvalue weighted by molar-refractivity contribution is -0.383. The number of thiol groups is 1. The van der Waals surface area contributed by atoms with Crippen molar-refractivity contribution >= 4 is 35.6 Å². The van der Waals surface area contributed by atoms with E-state index in [1.54, 1.807) is 12.1 Å². The molecule has 1 aromatic rings. The van der Waals surface area contributed by atoms with Crippen molar-refractivity contribution in [2.45, 2.75) is 39.1 Å². The summed E-state index contributed by atoms with van der Waals surface area (Å²) in [5.41, 5.74) is 1.42. The van der Waals surface area contributed by atoms with E-state index in [4.69, 9.17) is 0 Å². The highest BCUT2D eigenvalue weighted by Crippen LogP contribution is 2.25.